The Morgan fingerprint density at radius 2 is 2.03 bits per heavy atom. The molecule has 170 valence electrons. The van der Waals surface area contributed by atoms with Gasteiger partial charge in [0.15, 0.2) is 0 Å². The van der Waals surface area contributed by atoms with Crippen molar-refractivity contribution in [1.29, 1.82) is 0 Å². The van der Waals surface area contributed by atoms with Gasteiger partial charge in [-0.2, -0.15) is 0 Å². The first kappa shape index (κ1) is 23.7. The van der Waals surface area contributed by atoms with Gasteiger partial charge < -0.3 is 20.1 Å². The molecule has 0 aromatic carbocycles. The zero-order valence-corrected chi connectivity index (χ0v) is 19.4. The third-order valence-corrected chi connectivity index (χ3v) is 7.75. The van der Waals surface area contributed by atoms with Crippen molar-refractivity contribution in [3.05, 3.63) is 35.5 Å². The summed E-state index contributed by atoms with van der Waals surface area (Å²) in [5, 5.41) is 30.1. The number of aliphatic hydroxyl groups is 3. The molecular weight excluding hydrogens is 376 g/mol. The van der Waals surface area contributed by atoms with Crippen LogP contribution < -0.4 is 0 Å². The highest BCUT2D eigenvalue weighted by atomic mass is 16.5. The maximum absolute atomic E-state index is 10.1. The van der Waals surface area contributed by atoms with Gasteiger partial charge in [0, 0.05) is 17.8 Å². The maximum Gasteiger partial charge on any atom is 0.0811 e. The number of rotatable bonds is 6. The van der Waals surface area contributed by atoms with E-state index in [0.29, 0.717) is 24.7 Å². The first-order valence-corrected chi connectivity index (χ1v) is 11.8. The number of ether oxygens (including phenoxy) is 1. The van der Waals surface area contributed by atoms with E-state index in [1.54, 1.807) is 0 Å². The second-order valence-electron chi connectivity index (χ2n) is 10.9. The topological polar surface area (TPSA) is 69.9 Å². The largest absolute Gasteiger partial charge is 0.393 e. The van der Waals surface area contributed by atoms with Crippen molar-refractivity contribution in [2.24, 2.45) is 17.3 Å². The van der Waals surface area contributed by atoms with Crippen molar-refractivity contribution in [1.82, 2.24) is 0 Å². The van der Waals surface area contributed by atoms with Crippen molar-refractivity contribution in [3.8, 4) is 0 Å². The van der Waals surface area contributed by atoms with Gasteiger partial charge in [0.25, 0.3) is 0 Å². The predicted molar refractivity (Wildman–Crippen MR) is 121 cm³/mol. The van der Waals surface area contributed by atoms with E-state index in [9.17, 15) is 15.3 Å². The van der Waals surface area contributed by atoms with E-state index in [1.165, 1.54) is 18.4 Å². The predicted octanol–water partition coefficient (Wildman–Crippen LogP) is 4.69. The Labute approximate surface area is 182 Å². The molecule has 0 aromatic rings. The molecule has 0 spiro atoms. The van der Waals surface area contributed by atoms with Crippen LogP contribution in [-0.4, -0.2) is 45.8 Å². The molecule has 1 aliphatic heterocycles. The number of hydrogen-bond acceptors (Lipinski definition) is 4. The molecule has 3 aliphatic rings. The minimum absolute atomic E-state index is 0.152. The summed E-state index contributed by atoms with van der Waals surface area (Å²) in [5.41, 5.74) is 2.71. The van der Waals surface area contributed by atoms with Crippen LogP contribution in [0.1, 0.15) is 79.1 Å². The average molecular weight is 419 g/mol. The van der Waals surface area contributed by atoms with Gasteiger partial charge in [-0.25, -0.2) is 0 Å². The zero-order valence-electron chi connectivity index (χ0n) is 19.4. The zero-order chi connectivity index (χ0) is 22.1. The smallest absolute Gasteiger partial charge is 0.0811 e. The van der Waals surface area contributed by atoms with E-state index in [2.05, 4.69) is 32.6 Å². The number of allylic oxidation sites excluding steroid dienone is 2. The highest BCUT2D eigenvalue weighted by molar-refractivity contribution is 5.38. The van der Waals surface area contributed by atoms with Crippen molar-refractivity contribution in [3.63, 3.8) is 0 Å². The molecule has 0 amide bonds. The Hall–Kier alpha value is -0.940. The molecule has 4 nitrogen and oxygen atoms in total. The van der Waals surface area contributed by atoms with Crippen LogP contribution in [0, 0.1) is 17.3 Å². The number of fused-ring (bicyclic) bond motifs is 1. The molecule has 3 N–H and O–H groups in total. The summed E-state index contributed by atoms with van der Waals surface area (Å²) in [4.78, 5) is 0. The third kappa shape index (κ3) is 5.27. The SMILES string of the molecule is C=C1/C(=C\C=C2/CCC[C@]3(C)C([C@H](C)CCCC(C)(C)O)OC[C@@H]23)C[C@@H](O)C[C@@H]1O. The first-order valence-electron chi connectivity index (χ1n) is 11.8. The van der Waals surface area contributed by atoms with Gasteiger partial charge in [0.1, 0.15) is 0 Å². The minimum Gasteiger partial charge on any atom is -0.393 e. The van der Waals surface area contributed by atoms with E-state index in [1.807, 2.05) is 13.8 Å². The van der Waals surface area contributed by atoms with Crippen LogP contribution in [-0.2, 0) is 4.74 Å². The van der Waals surface area contributed by atoms with Crippen LogP contribution in [0.5, 0.6) is 0 Å². The summed E-state index contributed by atoms with van der Waals surface area (Å²) in [5.74, 6) is 0.903. The summed E-state index contributed by atoms with van der Waals surface area (Å²) in [6.07, 6.45) is 10.8. The lowest BCUT2D eigenvalue weighted by Crippen LogP contribution is -2.40. The first-order chi connectivity index (χ1) is 14.0. The van der Waals surface area contributed by atoms with Crippen molar-refractivity contribution in [2.45, 2.75) is 103 Å². The van der Waals surface area contributed by atoms with E-state index in [0.717, 1.165) is 43.4 Å². The summed E-state index contributed by atoms with van der Waals surface area (Å²) < 4.78 is 6.40. The molecule has 4 heteroatoms. The fraction of sp³-hybridized carbons (Fsp3) is 0.769. The molecule has 1 unspecified atom stereocenters. The Morgan fingerprint density at radius 3 is 2.73 bits per heavy atom. The highest BCUT2D eigenvalue weighted by Gasteiger charge is 2.51. The lowest BCUT2D eigenvalue weighted by atomic mass is 9.62. The van der Waals surface area contributed by atoms with Crippen LogP contribution in [0.3, 0.4) is 0 Å². The molecule has 0 radical (unpaired) electrons. The normalized spacial score (nSPS) is 38.8. The Bertz CT molecular complexity index is 686. The lowest BCUT2D eigenvalue weighted by molar-refractivity contribution is 0.0000158. The molecule has 0 aromatic heterocycles. The molecule has 30 heavy (non-hydrogen) atoms. The third-order valence-electron chi connectivity index (χ3n) is 7.75. The molecule has 3 rings (SSSR count). The maximum atomic E-state index is 10.1. The monoisotopic (exact) mass is 418 g/mol. The Kier molecular flexibility index (Phi) is 7.33. The molecule has 1 saturated heterocycles. The van der Waals surface area contributed by atoms with Gasteiger partial charge in [-0.15, -0.1) is 0 Å². The minimum atomic E-state index is -0.640. The van der Waals surface area contributed by atoms with E-state index in [4.69, 9.17) is 4.74 Å². The molecule has 1 heterocycles. The van der Waals surface area contributed by atoms with Crippen molar-refractivity contribution >= 4 is 0 Å². The van der Waals surface area contributed by atoms with Gasteiger partial charge in [-0.1, -0.05) is 44.6 Å². The van der Waals surface area contributed by atoms with Crippen LogP contribution >= 0.6 is 0 Å². The fourth-order valence-electron chi connectivity index (χ4n) is 5.96. The second-order valence-corrected chi connectivity index (χ2v) is 10.9. The summed E-state index contributed by atoms with van der Waals surface area (Å²) >= 11 is 0. The van der Waals surface area contributed by atoms with E-state index >= 15 is 0 Å². The van der Waals surface area contributed by atoms with Gasteiger partial charge in [-0.05, 0) is 69.4 Å². The second kappa shape index (κ2) is 9.28. The number of aliphatic hydroxyl groups excluding tert-OH is 2. The molecule has 0 bridgehead atoms. The van der Waals surface area contributed by atoms with Crippen LogP contribution in [0.2, 0.25) is 0 Å². The summed E-state index contributed by atoms with van der Waals surface area (Å²) in [6, 6.07) is 0. The van der Waals surface area contributed by atoms with Gasteiger partial charge in [0.05, 0.1) is 30.5 Å². The van der Waals surface area contributed by atoms with Gasteiger partial charge in [0.2, 0.25) is 0 Å². The fourth-order valence-corrected chi connectivity index (χ4v) is 5.96. The van der Waals surface area contributed by atoms with Gasteiger partial charge in [-0.3, -0.25) is 0 Å². The van der Waals surface area contributed by atoms with E-state index in [-0.39, 0.29) is 11.5 Å². The highest BCUT2D eigenvalue weighted by Crippen LogP contribution is 2.54. The standard InChI is InChI=1S/C26H42O4/c1-17(8-6-12-25(3,4)29)24-26(5)13-7-9-19(22(26)16-30-24)10-11-20-14-21(27)15-23(28)18(20)2/h10-11,17,21-24,27-29H,2,6-9,12-16H2,1,3-5H3/b19-10+,20-11-/t17-,21-,22+,23+,24?,26+/m1/s1. The quantitative estimate of drug-likeness (QED) is 0.585. The molecule has 3 fully saturated rings. The summed E-state index contributed by atoms with van der Waals surface area (Å²) in [6.45, 7) is 13.3. The van der Waals surface area contributed by atoms with Crippen molar-refractivity contribution in [2.75, 3.05) is 6.61 Å². The van der Waals surface area contributed by atoms with Crippen LogP contribution in [0.4, 0.5) is 0 Å². The van der Waals surface area contributed by atoms with Crippen LogP contribution in [0.25, 0.3) is 0 Å². The van der Waals surface area contributed by atoms with Gasteiger partial charge >= 0.3 is 0 Å². The number of hydrogen-bond donors (Lipinski definition) is 3. The van der Waals surface area contributed by atoms with Crippen molar-refractivity contribution < 1.29 is 20.1 Å². The summed E-state index contributed by atoms with van der Waals surface area (Å²) in [7, 11) is 0. The van der Waals surface area contributed by atoms with E-state index < -0.39 is 17.8 Å². The molecule has 2 saturated carbocycles. The Balaban J connectivity index is 1.70. The molecular formula is C26H42O4. The lowest BCUT2D eigenvalue weighted by Gasteiger charge is -2.42. The molecule has 6 atom stereocenters. The average Bonchev–Trinajstić information content (AvgIpc) is 3.00. The van der Waals surface area contributed by atoms with Crippen LogP contribution in [0.15, 0.2) is 35.5 Å². The Morgan fingerprint density at radius 1 is 1.30 bits per heavy atom. The molecule has 2 aliphatic carbocycles.